The molecule has 1 aromatic carbocycles. The summed E-state index contributed by atoms with van der Waals surface area (Å²) < 4.78 is 0. The average molecular weight is 172 g/mol. The van der Waals surface area contributed by atoms with E-state index in [0.29, 0.717) is 0 Å². The maximum atomic E-state index is 2.30. The van der Waals surface area contributed by atoms with E-state index in [1.165, 1.54) is 20.9 Å². The van der Waals surface area contributed by atoms with Crippen molar-refractivity contribution in [3.05, 3.63) is 34.2 Å². The van der Waals surface area contributed by atoms with E-state index in [9.17, 15) is 0 Å². The van der Waals surface area contributed by atoms with Crippen LogP contribution in [0.5, 0.6) is 0 Å². The lowest BCUT2D eigenvalue weighted by molar-refractivity contribution is 1.36. The van der Waals surface area contributed by atoms with Crippen LogP contribution in [0.3, 0.4) is 0 Å². The van der Waals surface area contributed by atoms with Crippen molar-refractivity contribution < 1.29 is 0 Å². The van der Waals surface area contributed by atoms with Crippen molar-refractivity contribution >= 4 is 30.0 Å². The number of benzene rings is 1. The van der Waals surface area contributed by atoms with Gasteiger partial charge in [0, 0.05) is 10.6 Å². The fourth-order valence-electron chi connectivity index (χ4n) is 1.68. The van der Waals surface area contributed by atoms with Crippen molar-refractivity contribution in [3.63, 3.8) is 0 Å². The first-order chi connectivity index (χ1) is 5.93. The summed E-state index contributed by atoms with van der Waals surface area (Å²) in [5.74, 6) is 1.14. The summed E-state index contributed by atoms with van der Waals surface area (Å²) in [5.41, 5.74) is 1.37. The Morgan fingerprint density at radius 1 is 1.17 bits per heavy atom. The van der Waals surface area contributed by atoms with Crippen LogP contribution >= 0.6 is 11.8 Å². The Morgan fingerprint density at radius 2 is 2.17 bits per heavy atom. The molecule has 0 amide bonds. The van der Waals surface area contributed by atoms with Gasteiger partial charge in [-0.25, -0.2) is 0 Å². The molecule has 0 saturated heterocycles. The van der Waals surface area contributed by atoms with E-state index < -0.39 is 0 Å². The molecular formula is C11H8S. The maximum Gasteiger partial charge on any atom is 0.0170 e. The van der Waals surface area contributed by atoms with E-state index in [0.717, 1.165) is 5.75 Å². The van der Waals surface area contributed by atoms with E-state index in [-0.39, 0.29) is 0 Å². The zero-order chi connectivity index (χ0) is 7.97. The highest BCUT2D eigenvalue weighted by Crippen LogP contribution is 2.18. The van der Waals surface area contributed by atoms with Gasteiger partial charge < -0.3 is 0 Å². The van der Waals surface area contributed by atoms with Crippen LogP contribution in [-0.2, 0) is 0 Å². The average Bonchev–Trinajstić information content (AvgIpc) is 2.64. The highest BCUT2D eigenvalue weighted by molar-refractivity contribution is 7.99. The molecule has 1 aliphatic heterocycles. The molecule has 1 heterocycles. The minimum atomic E-state index is 1.14. The SMILES string of the molecule is C1=Cc2cc3c(cc2=C1)SCC=3. The summed E-state index contributed by atoms with van der Waals surface area (Å²) in [6.07, 6.45) is 8.76. The number of hydrogen-bond donors (Lipinski definition) is 0. The van der Waals surface area contributed by atoms with E-state index in [4.69, 9.17) is 0 Å². The Morgan fingerprint density at radius 3 is 3.17 bits per heavy atom. The first-order valence-electron chi connectivity index (χ1n) is 4.09. The second kappa shape index (κ2) is 2.27. The molecule has 58 valence electrons. The third-order valence-electron chi connectivity index (χ3n) is 2.31. The van der Waals surface area contributed by atoms with E-state index in [1.54, 1.807) is 0 Å². The lowest BCUT2D eigenvalue weighted by Gasteiger charge is -1.95. The largest absolute Gasteiger partial charge is 0.121 e. The molecular weight excluding hydrogens is 164 g/mol. The standard InChI is InChI=1S/C11H8S/c1-2-8-6-10-4-5-12-11(10)7-9(8)3-1/h1-4,6-7H,5H2. The van der Waals surface area contributed by atoms with Crippen molar-refractivity contribution in [3.8, 4) is 0 Å². The first-order valence-corrected chi connectivity index (χ1v) is 5.07. The van der Waals surface area contributed by atoms with E-state index >= 15 is 0 Å². The molecule has 1 heteroatoms. The molecule has 1 aromatic rings. The minimum Gasteiger partial charge on any atom is -0.121 e. The molecule has 0 N–H and O–H groups in total. The van der Waals surface area contributed by atoms with Gasteiger partial charge in [0.25, 0.3) is 0 Å². The van der Waals surface area contributed by atoms with Crippen LogP contribution in [0.4, 0.5) is 0 Å². The van der Waals surface area contributed by atoms with Crippen LogP contribution in [0, 0.1) is 0 Å². The van der Waals surface area contributed by atoms with Crippen molar-refractivity contribution in [1.82, 2.24) is 0 Å². The van der Waals surface area contributed by atoms with Crippen molar-refractivity contribution in [2.45, 2.75) is 4.90 Å². The topological polar surface area (TPSA) is 0 Å². The van der Waals surface area contributed by atoms with E-state index in [1.807, 2.05) is 11.8 Å². The number of hydrogen-bond acceptors (Lipinski definition) is 1. The Labute approximate surface area is 75.3 Å². The predicted octanol–water partition coefficient (Wildman–Crippen LogP) is 1.38. The summed E-state index contributed by atoms with van der Waals surface area (Å²) in [7, 11) is 0. The van der Waals surface area contributed by atoms with Gasteiger partial charge in [-0.3, -0.25) is 0 Å². The normalized spacial score (nSPS) is 16.7. The maximum absolute atomic E-state index is 2.30. The van der Waals surface area contributed by atoms with Gasteiger partial charge in [-0.1, -0.05) is 24.3 Å². The third kappa shape index (κ3) is 0.802. The summed E-state index contributed by atoms with van der Waals surface area (Å²) in [4.78, 5) is 1.44. The molecule has 3 rings (SSSR count). The summed E-state index contributed by atoms with van der Waals surface area (Å²) in [6.45, 7) is 0. The second-order valence-corrected chi connectivity index (χ2v) is 4.12. The highest BCUT2D eigenvalue weighted by atomic mass is 32.2. The predicted molar refractivity (Wildman–Crippen MR) is 54.4 cm³/mol. The molecule has 0 unspecified atom stereocenters. The van der Waals surface area contributed by atoms with Gasteiger partial charge in [-0.05, 0) is 28.1 Å². The summed E-state index contributed by atoms with van der Waals surface area (Å²) >= 11 is 1.93. The van der Waals surface area contributed by atoms with Gasteiger partial charge in [0.2, 0.25) is 0 Å². The fourth-order valence-corrected chi connectivity index (χ4v) is 2.64. The molecule has 0 radical (unpaired) electrons. The zero-order valence-corrected chi connectivity index (χ0v) is 7.40. The van der Waals surface area contributed by atoms with Gasteiger partial charge in [0.15, 0.2) is 0 Å². The zero-order valence-electron chi connectivity index (χ0n) is 6.58. The Hall–Kier alpha value is -0.950. The quantitative estimate of drug-likeness (QED) is 0.569. The highest BCUT2D eigenvalue weighted by Gasteiger charge is 2.05. The molecule has 12 heavy (non-hydrogen) atoms. The molecule has 0 aromatic heterocycles. The van der Waals surface area contributed by atoms with Crippen LogP contribution in [0.25, 0.3) is 18.2 Å². The van der Waals surface area contributed by atoms with Crippen LogP contribution < -0.4 is 10.4 Å². The monoisotopic (exact) mass is 172 g/mol. The van der Waals surface area contributed by atoms with Crippen LogP contribution in [0.1, 0.15) is 5.56 Å². The van der Waals surface area contributed by atoms with Crippen LogP contribution in [-0.4, -0.2) is 5.75 Å². The smallest absolute Gasteiger partial charge is 0.0170 e. The fraction of sp³-hybridized carbons (Fsp3) is 0.0909. The molecule has 0 spiro atoms. The van der Waals surface area contributed by atoms with Gasteiger partial charge in [0.1, 0.15) is 0 Å². The van der Waals surface area contributed by atoms with Crippen LogP contribution in [0.15, 0.2) is 23.1 Å². The number of fused-ring (bicyclic) bond motifs is 2. The Kier molecular flexibility index (Phi) is 1.24. The van der Waals surface area contributed by atoms with Gasteiger partial charge in [-0.15, -0.1) is 11.8 Å². The van der Waals surface area contributed by atoms with E-state index in [2.05, 4.69) is 36.4 Å². The molecule has 0 fully saturated rings. The number of allylic oxidation sites excluding steroid dienone is 1. The lowest BCUT2D eigenvalue weighted by Crippen LogP contribution is -2.11. The summed E-state index contributed by atoms with van der Waals surface area (Å²) in [6, 6.07) is 4.57. The lowest BCUT2D eigenvalue weighted by atomic mass is 10.1. The Bertz CT molecular complexity index is 480. The molecule has 2 aliphatic rings. The van der Waals surface area contributed by atoms with Gasteiger partial charge in [0.05, 0.1) is 0 Å². The Balaban J connectivity index is 2.45. The molecule has 0 atom stereocenters. The second-order valence-electron chi connectivity index (χ2n) is 3.06. The number of thioether (sulfide) groups is 1. The number of rotatable bonds is 0. The first kappa shape index (κ1) is 6.55. The molecule has 0 nitrogen and oxygen atoms in total. The van der Waals surface area contributed by atoms with Crippen molar-refractivity contribution in [2.75, 3.05) is 5.75 Å². The third-order valence-corrected chi connectivity index (χ3v) is 3.31. The van der Waals surface area contributed by atoms with Crippen molar-refractivity contribution in [1.29, 1.82) is 0 Å². The van der Waals surface area contributed by atoms with Gasteiger partial charge in [-0.2, -0.15) is 0 Å². The molecule has 1 aliphatic carbocycles. The van der Waals surface area contributed by atoms with Crippen LogP contribution in [0.2, 0.25) is 0 Å². The minimum absolute atomic E-state index is 1.14. The van der Waals surface area contributed by atoms with Crippen molar-refractivity contribution in [2.24, 2.45) is 0 Å². The summed E-state index contributed by atoms with van der Waals surface area (Å²) in [5, 5.41) is 2.79. The van der Waals surface area contributed by atoms with Gasteiger partial charge >= 0.3 is 0 Å². The molecule has 0 saturated carbocycles. The molecule has 0 bridgehead atoms.